The highest BCUT2D eigenvalue weighted by Crippen LogP contribution is 2.25. The van der Waals surface area contributed by atoms with E-state index in [-0.39, 0.29) is 0 Å². The minimum atomic E-state index is -1.31. The summed E-state index contributed by atoms with van der Waals surface area (Å²) in [6.07, 6.45) is 0. The van der Waals surface area contributed by atoms with Gasteiger partial charge in [0.1, 0.15) is 0 Å². The molecule has 0 spiro atoms. The lowest BCUT2D eigenvalue weighted by atomic mass is 9.63. The van der Waals surface area contributed by atoms with Crippen molar-refractivity contribution in [3.8, 4) is 0 Å². The van der Waals surface area contributed by atoms with Crippen LogP contribution in [0.2, 0.25) is 0 Å². The van der Waals surface area contributed by atoms with Gasteiger partial charge in [-0.25, -0.2) is 0 Å². The maximum Gasteiger partial charge on any atom is 0.347 e. The zero-order valence-corrected chi connectivity index (χ0v) is 9.94. The molecule has 3 rings (SSSR count). The standard InChI is InChI=1S/C10H12BBrNO2/c12-10-3-1-9(2-4-10)11-13(5-7-14-11)6-8-15-11/h1-4H,5-8H2/q-1. The first-order valence-electron chi connectivity index (χ1n) is 5.24. The molecule has 2 fully saturated rings. The van der Waals surface area contributed by atoms with Gasteiger partial charge in [0.2, 0.25) is 0 Å². The highest BCUT2D eigenvalue weighted by Gasteiger charge is 2.43. The summed E-state index contributed by atoms with van der Waals surface area (Å²) >= 11 is 3.44. The van der Waals surface area contributed by atoms with Crippen molar-refractivity contribution >= 4 is 28.1 Å². The van der Waals surface area contributed by atoms with Gasteiger partial charge in [-0.2, -0.15) is 0 Å². The molecular weight excluding hydrogens is 257 g/mol. The van der Waals surface area contributed by atoms with E-state index in [0.29, 0.717) is 0 Å². The van der Waals surface area contributed by atoms with Gasteiger partial charge in [0.05, 0.1) is 0 Å². The second kappa shape index (κ2) is 3.59. The summed E-state index contributed by atoms with van der Waals surface area (Å²) in [6, 6.07) is 8.22. The number of hydrogen-bond donors (Lipinski definition) is 0. The van der Waals surface area contributed by atoms with Crippen LogP contribution in [0.4, 0.5) is 0 Å². The Kier molecular flexibility index (Phi) is 2.36. The Labute approximate surface area is 97.5 Å². The molecule has 0 amide bonds. The van der Waals surface area contributed by atoms with Crippen molar-refractivity contribution in [1.29, 1.82) is 0 Å². The van der Waals surface area contributed by atoms with Crippen LogP contribution in [0.5, 0.6) is 0 Å². The fourth-order valence-corrected chi connectivity index (χ4v) is 2.74. The molecule has 5 heteroatoms. The van der Waals surface area contributed by atoms with Crippen LogP contribution in [-0.4, -0.2) is 37.8 Å². The van der Waals surface area contributed by atoms with Crippen LogP contribution in [0.3, 0.4) is 0 Å². The van der Waals surface area contributed by atoms with E-state index in [2.05, 4.69) is 32.9 Å². The SMILES string of the molecule is Brc1ccc([B-]23OCCN2CCO3)cc1. The van der Waals surface area contributed by atoms with Crippen molar-refractivity contribution in [2.75, 3.05) is 26.3 Å². The van der Waals surface area contributed by atoms with Crippen molar-refractivity contribution in [3.05, 3.63) is 28.7 Å². The van der Waals surface area contributed by atoms with Gasteiger partial charge in [0.15, 0.2) is 0 Å². The molecular formula is C10H12BBrNO2-. The second-order valence-corrected chi connectivity index (χ2v) is 4.92. The number of benzene rings is 1. The lowest BCUT2D eigenvalue weighted by Gasteiger charge is -2.37. The van der Waals surface area contributed by atoms with E-state index in [4.69, 9.17) is 9.31 Å². The van der Waals surface area contributed by atoms with Crippen LogP contribution < -0.4 is 5.46 Å². The van der Waals surface area contributed by atoms with Crippen molar-refractivity contribution in [2.45, 2.75) is 0 Å². The molecule has 0 bridgehead atoms. The quantitative estimate of drug-likeness (QED) is 0.709. The van der Waals surface area contributed by atoms with E-state index in [9.17, 15) is 0 Å². The van der Waals surface area contributed by atoms with E-state index in [0.717, 1.165) is 36.2 Å². The van der Waals surface area contributed by atoms with Gasteiger partial charge < -0.3 is 14.1 Å². The summed E-state index contributed by atoms with van der Waals surface area (Å²) in [6.45, 7) is 2.20. The summed E-state index contributed by atoms with van der Waals surface area (Å²) < 4.78 is 12.8. The predicted molar refractivity (Wildman–Crippen MR) is 63.0 cm³/mol. The molecule has 1 aromatic rings. The number of fused-ring (bicyclic) bond motifs is 1. The molecule has 15 heavy (non-hydrogen) atoms. The summed E-state index contributed by atoms with van der Waals surface area (Å²) in [5, 5.41) is 0. The highest BCUT2D eigenvalue weighted by molar-refractivity contribution is 9.10. The fraction of sp³-hybridized carbons (Fsp3) is 0.400. The molecule has 2 aliphatic rings. The van der Waals surface area contributed by atoms with Crippen LogP contribution in [0.25, 0.3) is 0 Å². The van der Waals surface area contributed by atoms with Gasteiger partial charge in [-0.05, 0) is 13.1 Å². The van der Waals surface area contributed by atoms with E-state index in [1.54, 1.807) is 0 Å². The average Bonchev–Trinajstić information content (AvgIpc) is 2.77. The van der Waals surface area contributed by atoms with Crippen molar-refractivity contribution in [1.82, 2.24) is 4.81 Å². The van der Waals surface area contributed by atoms with Gasteiger partial charge >= 0.3 is 6.69 Å². The second-order valence-electron chi connectivity index (χ2n) is 4.00. The Morgan fingerprint density at radius 1 is 1.07 bits per heavy atom. The Morgan fingerprint density at radius 2 is 1.67 bits per heavy atom. The number of halogens is 1. The molecule has 3 nitrogen and oxygen atoms in total. The molecule has 0 unspecified atom stereocenters. The average molecular weight is 269 g/mol. The highest BCUT2D eigenvalue weighted by atomic mass is 79.9. The fourth-order valence-electron chi connectivity index (χ4n) is 2.48. The first-order valence-corrected chi connectivity index (χ1v) is 6.03. The third-order valence-electron chi connectivity index (χ3n) is 3.22. The van der Waals surface area contributed by atoms with Crippen LogP contribution in [0.1, 0.15) is 0 Å². The summed E-state index contributed by atoms with van der Waals surface area (Å²) in [7, 11) is 0. The monoisotopic (exact) mass is 268 g/mol. The predicted octanol–water partition coefficient (Wildman–Crippen LogP) is 0.957. The lowest BCUT2D eigenvalue weighted by Crippen LogP contribution is -2.57. The molecule has 0 N–H and O–H groups in total. The molecule has 0 atom stereocenters. The van der Waals surface area contributed by atoms with Crippen LogP contribution in [0, 0.1) is 0 Å². The van der Waals surface area contributed by atoms with Gasteiger partial charge in [-0.3, -0.25) is 0 Å². The Hall–Kier alpha value is -0.355. The first kappa shape index (κ1) is 9.84. The van der Waals surface area contributed by atoms with Gasteiger partial charge in [-0.1, -0.05) is 40.2 Å². The topological polar surface area (TPSA) is 21.7 Å². The molecule has 2 heterocycles. The van der Waals surface area contributed by atoms with Crippen molar-refractivity contribution in [2.24, 2.45) is 0 Å². The molecule has 2 saturated heterocycles. The van der Waals surface area contributed by atoms with E-state index in [1.807, 2.05) is 12.1 Å². The zero-order valence-electron chi connectivity index (χ0n) is 8.36. The zero-order chi connectivity index (χ0) is 10.3. The van der Waals surface area contributed by atoms with Crippen LogP contribution >= 0.6 is 15.9 Å². The summed E-state index contributed by atoms with van der Waals surface area (Å²) in [5.41, 5.74) is 1.15. The summed E-state index contributed by atoms with van der Waals surface area (Å²) in [4.78, 5) is 2.31. The summed E-state index contributed by atoms with van der Waals surface area (Å²) in [5.74, 6) is 0. The molecule has 0 saturated carbocycles. The molecule has 1 aromatic carbocycles. The largest absolute Gasteiger partial charge is 0.550 e. The third-order valence-corrected chi connectivity index (χ3v) is 3.75. The van der Waals surface area contributed by atoms with Crippen LogP contribution in [-0.2, 0) is 9.31 Å². The Bertz CT molecular complexity index is 360. The van der Waals surface area contributed by atoms with Gasteiger partial charge in [-0.15, -0.1) is 5.46 Å². The molecule has 2 aliphatic heterocycles. The number of hydrogen-bond acceptors (Lipinski definition) is 3. The first-order chi connectivity index (χ1) is 7.31. The van der Waals surface area contributed by atoms with E-state index < -0.39 is 6.69 Å². The molecule has 0 radical (unpaired) electrons. The Morgan fingerprint density at radius 3 is 2.27 bits per heavy atom. The molecule has 0 aliphatic carbocycles. The number of nitrogens with zero attached hydrogens (tertiary/aromatic N) is 1. The van der Waals surface area contributed by atoms with E-state index >= 15 is 0 Å². The normalized spacial score (nSPS) is 24.3. The van der Waals surface area contributed by atoms with E-state index in [1.165, 1.54) is 0 Å². The third kappa shape index (κ3) is 1.46. The Balaban J connectivity index is 2.01. The van der Waals surface area contributed by atoms with Gasteiger partial charge in [0.25, 0.3) is 0 Å². The molecule has 0 aromatic heterocycles. The van der Waals surface area contributed by atoms with Crippen molar-refractivity contribution < 1.29 is 9.31 Å². The van der Waals surface area contributed by atoms with Crippen molar-refractivity contribution in [3.63, 3.8) is 0 Å². The van der Waals surface area contributed by atoms with Gasteiger partial charge in [0, 0.05) is 17.7 Å². The molecule has 80 valence electrons. The minimum absolute atomic E-state index is 0.774. The van der Waals surface area contributed by atoms with Crippen LogP contribution in [0.15, 0.2) is 28.7 Å². The lowest BCUT2D eigenvalue weighted by molar-refractivity contribution is 0.232. The smallest absolute Gasteiger partial charge is 0.347 e. The number of rotatable bonds is 1. The minimum Gasteiger partial charge on any atom is -0.550 e. The maximum absolute atomic E-state index is 5.84. The maximum atomic E-state index is 5.84.